The number of H-pyrrole nitrogens is 1. The standard InChI is InChI=1S/C15H17N3O4/c1-21-9-7-17-14(19)12(10-11-4-2-6-16-11)18-15(20)13-5-3-8-22-13/h2-6,8,10,16H,7,9H2,1H3,(H,17,19)(H,18,20)/b12-10-. The minimum Gasteiger partial charge on any atom is -0.459 e. The molecule has 0 fully saturated rings. The summed E-state index contributed by atoms with van der Waals surface area (Å²) >= 11 is 0. The summed E-state index contributed by atoms with van der Waals surface area (Å²) in [7, 11) is 1.54. The molecule has 22 heavy (non-hydrogen) atoms. The van der Waals surface area contributed by atoms with Gasteiger partial charge in [-0.3, -0.25) is 9.59 Å². The third-order valence-electron chi connectivity index (χ3n) is 2.75. The average molecular weight is 303 g/mol. The molecule has 2 heterocycles. The van der Waals surface area contributed by atoms with Crippen LogP contribution >= 0.6 is 0 Å². The summed E-state index contributed by atoms with van der Waals surface area (Å²) in [4.78, 5) is 27.1. The van der Waals surface area contributed by atoms with Gasteiger partial charge < -0.3 is 24.8 Å². The summed E-state index contributed by atoms with van der Waals surface area (Å²) in [6.07, 6.45) is 4.66. The van der Waals surface area contributed by atoms with Gasteiger partial charge in [0.2, 0.25) is 0 Å². The van der Waals surface area contributed by atoms with Crippen LogP contribution in [0.2, 0.25) is 0 Å². The Bertz CT molecular complexity index is 630. The number of carbonyl (C=O) groups excluding carboxylic acids is 2. The number of aromatic nitrogens is 1. The lowest BCUT2D eigenvalue weighted by molar-refractivity contribution is -0.117. The zero-order valence-corrected chi connectivity index (χ0v) is 12.1. The third-order valence-corrected chi connectivity index (χ3v) is 2.75. The molecule has 7 heteroatoms. The quantitative estimate of drug-likeness (QED) is 0.528. The molecule has 2 amide bonds. The number of ether oxygens (including phenoxy) is 1. The van der Waals surface area contributed by atoms with Gasteiger partial charge in [-0.25, -0.2) is 0 Å². The molecule has 0 saturated carbocycles. The molecule has 0 bridgehead atoms. The largest absolute Gasteiger partial charge is 0.459 e. The molecule has 0 unspecified atom stereocenters. The summed E-state index contributed by atoms with van der Waals surface area (Å²) in [6.45, 7) is 0.724. The number of rotatable bonds is 7. The Morgan fingerprint density at radius 1 is 1.36 bits per heavy atom. The van der Waals surface area contributed by atoms with Crippen molar-refractivity contribution >= 4 is 17.9 Å². The van der Waals surface area contributed by atoms with Crippen molar-refractivity contribution in [3.05, 3.63) is 53.9 Å². The molecular formula is C15H17N3O4. The van der Waals surface area contributed by atoms with Gasteiger partial charge in [-0.15, -0.1) is 0 Å². The molecule has 0 aliphatic rings. The maximum absolute atomic E-state index is 12.2. The van der Waals surface area contributed by atoms with E-state index in [4.69, 9.17) is 9.15 Å². The van der Waals surface area contributed by atoms with Gasteiger partial charge in [-0.1, -0.05) is 0 Å². The fourth-order valence-electron chi connectivity index (χ4n) is 1.70. The molecule has 7 nitrogen and oxygen atoms in total. The highest BCUT2D eigenvalue weighted by molar-refractivity contribution is 6.04. The molecule has 2 rings (SSSR count). The van der Waals surface area contributed by atoms with Crippen LogP contribution in [-0.4, -0.2) is 37.1 Å². The highest BCUT2D eigenvalue weighted by Gasteiger charge is 2.16. The van der Waals surface area contributed by atoms with Crippen molar-refractivity contribution in [1.82, 2.24) is 15.6 Å². The van der Waals surface area contributed by atoms with E-state index in [0.29, 0.717) is 18.8 Å². The highest BCUT2D eigenvalue weighted by atomic mass is 16.5. The third kappa shape index (κ3) is 4.35. The van der Waals surface area contributed by atoms with E-state index >= 15 is 0 Å². The fourth-order valence-corrected chi connectivity index (χ4v) is 1.70. The van der Waals surface area contributed by atoms with Crippen LogP contribution in [0.5, 0.6) is 0 Å². The van der Waals surface area contributed by atoms with Crippen LogP contribution in [0.1, 0.15) is 16.2 Å². The number of furan rings is 1. The van der Waals surface area contributed by atoms with Gasteiger partial charge in [0.05, 0.1) is 12.9 Å². The molecule has 0 aromatic carbocycles. The Hall–Kier alpha value is -2.80. The summed E-state index contributed by atoms with van der Waals surface area (Å²) in [5.74, 6) is -0.779. The molecule has 3 N–H and O–H groups in total. The van der Waals surface area contributed by atoms with Crippen LogP contribution in [0.3, 0.4) is 0 Å². The van der Waals surface area contributed by atoms with Gasteiger partial charge in [-0.05, 0) is 30.3 Å². The van der Waals surface area contributed by atoms with E-state index in [1.54, 1.807) is 37.6 Å². The van der Waals surface area contributed by atoms with Crippen molar-refractivity contribution in [1.29, 1.82) is 0 Å². The van der Waals surface area contributed by atoms with Crippen LogP contribution in [-0.2, 0) is 9.53 Å². The molecule has 0 aliphatic carbocycles. The maximum atomic E-state index is 12.2. The zero-order chi connectivity index (χ0) is 15.8. The predicted octanol–water partition coefficient (Wildman–Crippen LogP) is 1.14. The molecule has 0 radical (unpaired) electrons. The van der Waals surface area contributed by atoms with Gasteiger partial charge in [0, 0.05) is 25.5 Å². The number of methoxy groups -OCH3 is 1. The van der Waals surface area contributed by atoms with Gasteiger partial charge in [-0.2, -0.15) is 0 Å². The van der Waals surface area contributed by atoms with Crippen LogP contribution < -0.4 is 10.6 Å². The lowest BCUT2D eigenvalue weighted by Crippen LogP contribution is -2.36. The first kappa shape index (κ1) is 15.6. The number of hydrogen-bond donors (Lipinski definition) is 3. The molecule has 0 atom stereocenters. The van der Waals surface area contributed by atoms with Crippen molar-refractivity contribution in [2.45, 2.75) is 0 Å². The predicted molar refractivity (Wildman–Crippen MR) is 79.8 cm³/mol. The van der Waals surface area contributed by atoms with E-state index < -0.39 is 11.8 Å². The van der Waals surface area contributed by atoms with E-state index in [0.717, 1.165) is 0 Å². The Balaban J connectivity index is 2.11. The smallest absolute Gasteiger partial charge is 0.291 e. The normalized spacial score (nSPS) is 11.2. The second kappa shape index (κ2) is 7.84. The summed E-state index contributed by atoms with van der Waals surface area (Å²) < 4.78 is 9.89. The zero-order valence-electron chi connectivity index (χ0n) is 12.1. The van der Waals surface area contributed by atoms with Crippen LogP contribution in [0.25, 0.3) is 6.08 Å². The van der Waals surface area contributed by atoms with Gasteiger partial charge in [0.25, 0.3) is 11.8 Å². The maximum Gasteiger partial charge on any atom is 0.291 e. The summed E-state index contributed by atoms with van der Waals surface area (Å²) in [6, 6.07) is 6.69. The van der Waals surface area contributed by atoms with Crippen molar-refractivity contribution in [3.63, 3.8) is 0 Å². The molecular weight excluding hydrogens is 286 g/mol. The number of amides is 2. The van der Waals surface area contributed by atoms with Crippen molar-refractivity contribution in [2.75, 3.05) is 20.3 Å². The number of carbonyl (C=O) groups is 2. The molecule has 2 aromatic rings. The van der Waals surface area contributed by atoms with Crippen LogP contribution in [0, 0.1) is 0 Å². The fraction of sp³-hybridized carbons (Fsp3) is 0.200. The summed E-state index contributed by atoms with van der Waals surface area (Å²) in [5, 5.41) is 5.20. The van der Waals surface area contributed by atoms with E-state index in [1.807, 2.05) is 0 Å². The van der Waals surface area contributed by atoms with Gasteiger partial charge in [0.1, 0.15) is 5.70 Å². The first-order chi connectivity index (χ1) is 10.7. The SMILES string of the molecule is COCCNC(=O)/C(=C/c1ccc[nH]1)NC(=O)c1ccco1. The molecule has 0 spiro atoms. The van der Waals surface area contributed by atoms with E-state index in [2.05, 4.69) is 15.6 Å². The highest BCUT2D eigenvalue weighted by Crippen LogP contribution is 2.05. The monoisotopic (exact) mass is 303 g/mol. The van der Waals surface area contributed by atoms with Gasteiger partial charge in [0.15, 0.2) is 5.76 Å². The Labute approximate surface area is 127 Å². The lowest BCUT2D eigenvalue weighted by atomic mass is 10.3. The van der Waals surface area contributed by atoms with Crippen LogP contribution in [0.4, 0.5) is 0 Å². The van der Waals surface area contributed by atoms with Crippen molar-refractivity contribution in [2.24, 2.45) is 0 Å². The average Bonchev–Trinajstić information content (AvgIpc) is 3.20. The first-order valence-corrected chi connectivity index (χ1v) is 6.68. The number of nitrogens with one attached hydrogen (secondary N) is 3. The molecule has 2 aromatic heterocycles. The molecule has 116 valence electrons. The summed E-state index contributed by atoms with van der Waals surface area (Å²) in [5.41, 5.74) is 0.802. The van der Waals surface area contributed by atoms with E-state index in [9.17, 15) is 9.59 Å². The Morgan fingerprint density at radius 2 is 2.23 bits per heavy atom. The first-order valence-electron chi connectivity index (χ1n) is 6.68. The van der Waals surface area contributed by atoms with E-state index in [1.165, 1.54) is 12.3 Å². The van der Waals surface area contributed by atoms with E-state index in [-0.39, 0.29) is 11.5 Å². The number of aromatic amines is 1. The van der Waals surface area contributed by atoms with Crippen LogP contribution in [0.15, 0.2) is 46.8 Å². The van der Waals surface area contributed by atoms with Crippen molar-refractivity contribution < 1.29 is 18.7 Å². The lowest BCUT2D eigenvalue weighted by Gasteiger charge is -2.09. The molecule has 0 saturated heterocycles. The van der Waals surface area contributed by atoms with Gasteiger partial charge >= 0.3 is 0 Å². The van der Waals surface area contributed by atoms with Crippen molar-refractivity contribution in [3.8, 4) is 0 Å². The second-order valence-corrected chi connectivity index (χ2v) is 4.36. The molecule has 0 aliphatic heterocycles. The minimum absolute atomic E-state index is 0.111. The Morgan fingerprint density at radius 3 is 2.86 bits per heavy atom. The number of hydrogen-bond acceptors (Lipinski definition) is 4. The minimum atomic E-state index is -0.496. The topological polar surface area (TPSA) is 96.4 Å². The Kier molecular flexibility index (Phi) is 5.56. The second-order valence-electron chi connectivity index (χ2n) is 4.36.